The molecule has 2 N–H and O–H groups in total. The molecule has 2 heterocycles. The SMILES string of the molecule is CCCNCc1cc(S(=O)(=O)NCc2ncc(C)s2)cs1. The zero-order chi connectivity index (χ0) is 15.3. The van der Waals surface area contributed by atoms with Gasteiger partial charge in [-0.1, -0.05) is 6.92 Å². The van der Waals surface area contributed by atoms with Crippen molar-refractivity contribution in [3.05, 3.63) is 32.4 Å². The Morgan fingerprint density at radius 3 is 2.81 bits per heavy atom. The highest BCUT2D eigenvalue weighted by Crippen LogP contribution is 2.20. The van der Waals surface area contributed by atoms with Crippen LogP contribution in [0.5, 0.6) is 0 Å². The van der Waals surface area contributed by atoms with Crippen LogP contribution in [0, 0.1) is 6.92 Å². The minimum Gasteiger partial charge on any atom is -0.312 e. The van der Waals surface area contributed by atoms with Crippen LogP contribution < -0.4 is 10.0 Å². The van der Waals surface area contributed by atoms with E-state index < -0.39 is 10.0 Å². The maximum atomic E-state index is 12.2. The predicted molar refractivity (Wildman–Crippen MR) is 87.2 cm³/mol. The molecule has 0 unspecified atom stereocenters. The van der Waals surface area contributed by atoms with Crippen LogP contribution >= 0.6 is 22.7 Å². The maximum absolute atomic E-state index is 12.2. The van der Waals surface area contributed by atoms with E-state index in [1.807, 2.05) is 6.92 Å². The molecule has 116 valence electrons. The number of nitrogens with zero attached hydrogens (tertiary/aromatic N) is 1. The van der Waals surface area contributed by atoms with Crippen molar-refractivity contribution in [3.8, 4) is 0 Å². The molecule has 0 radical (unpaired) electrons. The summed E-state index contributed by atoms with van der Waals surface area (Å²) in [5.41, 5.74) is 0. The quantitative estimate of drug-likeness (QED) is 0.721. The molecule has 0 aliphatic rings. The molecule has 21 heavy (non-hydrogen) atoms. The molecule has 0 fully saturated rings. The third-order valence-corrected chi connectivity index (χ3v) is 6.13. The Morgan fingerprint density at radius 1 is 1.33 bits per heavy atom. The molecule has 0 aliphatic heterocycles. The topological polar surface area (TPSA) is 71.1 Å². The first-order valence-corrected chi connectivity index (χ1v) is 9.88. The van der Waals surface area contributed by atoms with Gasteiger partial charge in [0, 0.05) is 27.9 Å². The first kappa shape index (κ1) is 16.6. The molecule has 0 saturated carbocycles. The predicted octanol–water partition coefficient (Wildman–Crippen LogP) is 2.49. The van der Waals surface area contributed by atoms with E-state index in [1.165, 1.54) is 22.7 Å². The lowest BCUT2D eigenvalue weighted by molar-refractivity contribution is 0.581. The van der Waals surface area contributed by atoms with E-state index in [9.17, 15) is 8.42 Å². The zero-order valence-electron chi connectivity index (χ0n) is 12.0. The molecule has 0 atom stereocenters. The highest BCUT2D eigenvalue weighted by Gasteiger charge is 2.16. The van der Waals surface area contributed by atoms with E-state index in [0.717, 1.165) is 27.7 Å². The van der Waals surface area contributed by atoms with Gasteiger partial charge in [0.25, 0.3) is 0 Å². The highest BCUT2D eigenvalue weighted by atomic mass is 32.2. The van der Waals surface area contributed by atoms with Crippen molar-refractivity contribution < 1.29 is 8.42 Å². The van der Waals surface area contributed by atoms with Gasteiger partial charge in [-0.05, 0) is 26.0 Å². The molecule has 5 nitrogen and oxygen atoms in total. The fourth-order valence-electron chi connectivity index (χ4n) is 1.71. The summed E-state index contributed by atoms with van der Waals surface area (Å²) in [6, 6.07) is 1.72. The first-order valence-electron chi connectivity index (χ1n) is 6.70. The van der Waals surface area contributed by atoms with E-state index in [-0.39, 0.29) is 6.54 Å². The Balaban J connectivity index is 1.95. The molecule has 2 rings (SSSR count). The molecule has 2 aromatic rings. The fraction of sp³-hybridized carbons (Fsp3) is 0.462. The van der Waals surface area contributed by atoms with Crippen LogP contribution in [-0.2, 0) is 23.1 Å². The highest BCUT2D eigenvalue weighted by molar-refractivity contribution is 7.89. The van der Waals surface area contributed by atoms with Crippen molar-refractivity contribution in [1.29, 1.82) is 0 Å². The molecular formula is C13H19N3O2S3. The largest absolute Gasteiger partial charge is 0.312 e. The van der Waals surface area contributed by atoms with Crippen molar-refractivity contribution in [2.75, 3.05) is 6.54 Å². The van der Waals surface area contributed by atoms with Gasteiger partial charge in [0.1, 0.15) is 5.01 Å². The number of thiophene rings is 1. The number of rotatable bonds is 8. The lowest BCUT2D eigenvalue weighted by Crippen LogP contribution is -2.22. The summed E-state index contributed by atoms with van der Waals surface area (Å²) < 4.78 is 27.0. The molecule has 2 aromatic heterocycles. The van der Waals surface area contributed by atoms with E-state index in [4.69, 9.17) is 0 Å². The lowest BCUT2D eigenvalue weighted by Gasteiger charge is -2.02. The number of hydrogen-bond donors (Lipinski definition) is 2. The molecule has 0 aromatic carbocycles. The number of sulfonamides is 1. The van der Waals surface area contributed by atoms with Crippen LogP contribution in [0.15, 0.2) is 22.5 Å². The van der Waals surface area contributed by atoms with Gasteiger partial charge in [0.2, 0.25) is 10.0 Å². The zero-order valence-corrected chi connectivity index (χ0v) is 14.5. The smallest absolute Gasteiger partial charge is 0.241 e. The second-order valence-electron chi connectivity index (χ2n) is 4.61. The minimum absolute atomic E-state index is 0.236. The fourth-order valence-corrected chi connectivity index (χ4v) is 4.76. The van der Waals surface area contributed by atoms with E-state index in [1.54, 1.807) is 17.6 Å². The van der Waals surface area contributed by atoms with Gasteiger partial charge >= 0.3 is 0 Å². The van der Waals surface area contributed by atoms with E-state index in [2.05, 4.69) is 21.9 Å². The van der Waals surface area contributed by atoms with Crippen molar-refractivity contribution in [1.82, 2.24) is 15.0 Å². The summed E-state index contributed by atoms with van der Waals surface area (Å²) in [6.07, 6.45) is 2.81. The summed E-state index contributed by atoms with van der Waals surface area (Å²) in [4.78, 5) is 6.57. The van der Waals surface area contributed by atoms with E-state index >= 15 is 0 Å². The van der Waals surface area contributed by atoms with Crippen LogP contribution in [0.2, 0.25) is 0 Å². The van der Waals surface area contributed by atoms with Crippen LogP contribution in [-0.4, -0.2) is 19.9 Å². The summed E-state index contributed by atoms with van der Waals surface area (Å²) in [7, 11) is -3.46. The number of thiazole rings is 1. The standard InChI is InChI=1S/C13H19N3O2S3/c1-3-4-14-7-11-5-12(9-19-11)21(17,18)16-8-13-15-6-10(2)20-13/h5-6,9,14,16H,3-4,7-8H2,1-2H3. The van der Waals surface area contributed by atoms with Crippen LogP contribution in [0.4, 0.5) is 0 Å². The third-order valence-electron chi connectivity index (χ3n) is 2.75. The summed E-state index contributed by atoms with van der Waals surface area (Å²) >= 11 is 2.95. The third kappa shape index (κ3) is 4.86. The maximum Gasteiger partial charge on any atom is 0.241 e. The Morgan fingerprint density at radius 2 is 2.14 bits per heavy atom. The van der Waals surface area contributed by atoms with Crippen molar-refractivity contribution in [2.24, 2.45) is 0 Å². The molecule has 0 aliphatic carbocycles. The van der Waals surface area contributed by atoms with Crippen LogP contribution in [0.25, 0.3) is 0 Å². The van der Waals surface area contributed by atoms with E-state index in [0.29, 0.717) is 11.4 Å². The van der Waals surface area contributed by atoms with Crippen molar-refractivity contribution >= 4 is 32.7 Å². The number of aryl methyl sites for hydroxylation is 1. The van der Waals surface area contributed by atoms with Crippen LogP contribution in [0.3, 0.4) is 0 Å². The van der Waals surface area contributed by atoms with Gasteiger partial charge in [-0.15, -0.1) is 22.7 Å². The number of hydrogen-bond acceptors (Lipinski definition) is 6. The van der Waals surface area contributed by atoms with Gasteiger partial charge in [-0.25, -0.2) is 18.1 Å². The molecule has 0 saturated heterocycles. The molecular weight excluding hydrogens is 326 g/mol. The Bertz CT molecular complexity index is 676. The van der Waals surface area contributed by atoms with Gasteiger partial charge in [0.05, 0.1) is 11.4 Å². The van der Waals surface area contributed by atoms with Crippen molar-refractivity contribution in [2.45, 2.75) is 38.3 Å². The van der Waals surface area contributed by atoms with Crippen molar-refractivity contribution in [3.63, 3.8) is 0 Å². The van der Waals surface area contributed by atoms with Gasteiger partial charge in [0.15, 0.2) is 0 Å². The monoisotopic (exact) mass is 345 g/mol. The van der Waals surface area contributed by atoms with Gasteiger partial charge < -0.3 is 5.32 Å². The van der Waals surface area contributed by atoms with Gasteiger partial charge in [-0.3, -0.25) is 0 Å². The molecule has 8 heteroatoms. The van der Waals surface area contributed by atoms with Crippen LogP contribution in [0.1, 0.15) is 28.1 Å². The normalized spacial score (nSPS) is 11.9. The average Bonchev–Trinajstić information content (AvgIpc) is 3.06. The second kappa shape index (κ2) is 7.46. The van der Waals surface area contributed by atoms with Gasteiger partial charge in [-0.2, -0.15) is 0 Å². The minimum atomic E-state index is -3.46. The average molecular weight is 346 g/mol. The first-order chi connectivity index (χ1) is 10.0. The summed E-state index contributed by atoms with van der Waals surface area (Å²) in [5, 5.41) is 5.72. The number of nitrogens with one attached hydrogen (secondary N) is 2. The Labute approximate surface area is 133 Å². The Hall–Kier alpha value is -0.800. The second-order valence-corrected chi connectivity index (χ2v) is 8.70. The number of aromatic nitrogens is 1. The molecule has 0 bridgehead atoms. The molecule has 0 amide bonds. The summed E-state index contributed by atoms with van der Waals surface area (Å²) in [6.45, 7) is 5.92. The summed E-state index contributed by atoms with van der Waals surface area (Å²) in [5.74, 6) is 0. The Kier molecular flexibility index (Phi) is 5.88. The molecule has 0 spiro atoms. The lowest BCUT2D eigenvalue weighted by atomic mass is 10.4.